The van der Waals surface area contributed by atoms with Crippen molar-refractivity contribution in [3.63, 3.8) is 0 Å². The minimum absolute atomic E-state index is 0.252. The average molecular weight is 283 g/mol. The fraction of sp³-hybridized carbons (Fsp3) is 0.231. The molecule has 1 N–H and O–H groups in total. The number of para-hydroxylation sites is 1. The average Bonchev–Trinajstić information content (AvgIpc) is 2.41. The van der Waals surface area contributed by atoms with Crippen LogP contribution in [-0.4, -0.2) is 23.4 Å². The highest BCUT2D eigenvalue weighted by molar-refractivity contribution is 5.39. The van der Waals surface area contributed by atoms with Gasteiger partial charge in [0.05, 0.1) is 11.7 Å². The summed E-state index contributed by atoms with van der Waals surface area (Å²) in [5.41, 5.74) is 0.909. The molecule has 0 saturated heterocycles. The molecule has 20 heavy (non-hydrogen) atoms. The van der Waals surface area contributed by atoms with Crippen LogP contribution < -0.4 is 10.1 Å². The van der Waals surface area contributed by atoms with Gasteiger partial charge in [-0.25, -0.2) is 9.97 Å². The van der Waals surface area contributed by atoms with Gasteiger partial charge in [-0.15, -0.1) is 13.2 Å². The van der Waals surface area contributed by atoms with Gasteiger partial charge < -0.3 is 10.1 Å². The largest absolute Gasteiger partial charge is 0.573 e. The molecule has 1 atom stereocenters. The Morgan fingerprint density at radius 2 is 1.95 bits per heavy atom. The molecular formula is C13H12F3N3O. The van der Waals surface area contributed by atoms with E-state index < -0.39 is 12.4 Å². The number of benzene rings is 1. The van der Waals surface area contributed by atoms with Crippen molar-refractivity contribution in [3.05, 3.63) is 54.1 Å². The van der Waals surface area contributed by atoms with E-state index in [1.54, 1.807) is 25.2 Å². The van der Waals surface area contributed by atoms with Gasteiger partial charge in [0.2, 0.25) is 0 Å². The second-order valence-electron chi connectivity index (χ2n) is 3.94. The van der Waals surface area contributed by atoms with E-state index in [0.717, 1.165) is 0 Å². The zero-order valence-corrected chi connectivity index (χ0v) is 10.6. The smallest absolute Gasteiger partial charge is 0.405 e. The van der Waals surface area contributed by atoms with E-state index in [4.69, 9.17) is 0 Å². The highest BCUT2D eigenvalue weighted by Crippen LogP contribution is 2.32. The fourth-order valence-electron chi connectivity index (χ4n) is 1.87. The van der Waals surface area contributed by atoms with Gasteiger partial charge in [0.25, 0.3) is 0 Å². The van der Waals surface area contributed by atoms with Crippen molar-refractivity contribution in [1.82, 2.24) is 15.3 Å². The summed E-state index contributed by atoms with van der Waals surface area (Å²) in [6, 6.07) is 7.07. The Labute approximate surface area is 113 Å². The van der Waals surface area contributed by atoms with Crippen molar-refractivity contribution in [2.24, 2.45) is 0 Å². The van der Waals surface area contributed by atoms with Crippen LogP contribution in [0.5, 0.6) is 5.75 Å². The molecule has 2 aromatic rings. The molecule has 1 unspecified atom stereocenters. The first kappa shape index (κ1) is 14.3. The van der Waals surface area contributed by atoms with Crippen molar-refractivity contribution < 1.29 is 17.9 Å². The number of rotatable bonds is 4. The molecule has 0 aliphatic carbocycles. The number of halogens is 3. The molecule has 1 aromatic heterocycles. The van der Waals surface area contributed by atoms with Crippen LogP contribution in [0, 0.1) is 0 Å². The Kier molecular flexibility index (Phi) is 4.19. The molecule has 1 heterocycles. The standard InChI is InChI=1S/C13H12F3N3O/c1-17-12(10-6-7-18-8-19-10)9-4-2-3-5-11(9)20-13(14,15)16/h2-8,12,17H,1H3. The van der Waals surface area contributed by atoms with Gasteiger partial charge in [0, 0.05) is 11.8 Å². The molecule has 1 aromatic carbocycles. The second kappa shape index (κ2) is 5.87. The van der Waals surface area contributed by atoms with Crippen LogP contribution in [0.2, 0.25) is 0 Å². The molecule has 0 aliphatic heterocycles. The third-order valence-corrected chi connectivity index (χ3v) is 2.64. The van der Waals surface area contributed by atoms with E-state index in [2.05, 4.69) is 20.0 Å². The number of ether oxygens (including phenoxy) is 1. The summed E-state index contributed by atoms with van der Waals surface area (Å²) in [7, 11) is 1.64. The van der Waals surface area contributed by atoms with Crippen LogP contribution in [0.3, 0.4) is 0 Å². The van der Waals surface area contributed by atoms with Crippen LogP contribution in [0.4, 0.5) is 13.2 Å². The third kappa shape index (κ3) is 3.45. The van der Waals surface area contributed by atoms with Gasteiger partial charge in [-0.3, -0.25) is 0 Å². The maximum absolute atomic E-state index is 12.4. The molecule has 0 radical (unpaired) electrons. The van der Waals surface area contributed by atoms with Crippen LogP contribution in [0.15, 0.2) is 42.9 Å². The summed E-state index contributed by atoms with van der Waals surface area (Å²) < 4.78 is 41.3. The number of nitrogens with zero attached hydrogens (tertiary/aromatic N) is 2. The molecule has 0 aliphatic rings. The SMILES string of the molecule is CNC(c1ccncn1)c1ccccc1OC(F)(F)F. The maximum Gasteiger partial charge on any atom is 0.573 e. The summed E-state index contributed by atoms with van der Waals surface area (Å²) in [6.07, 6.45) is -1.87. The van der Waals surface area contributed by atoms with Gasteiger partial charge >= 0.3 is 6.36 Å². The first-order valence-electron chi connectivity index (χ1n) is 5.79. The highest BCUT2D eigenvalue weighted by Gasteiger charge is 2.33. The molecule has 0 fully saturated rings. The Hall–Kier alpha value is -2.15. The summed E-state index contributed by atoms with van der Waals surface area (Å²) in [5.74, 6) is -0.252. The van der Waals surface area contributed by atoms with Crippen LogP contribution in [0.1, 0.15) is 17.3 Å². The Bertz CT molecular complexity index is 560. The highest BCUT2D eigenvalue weighted by atomic mass is 19.4. The van der Waals surface area contributed by atoms with Gasteiger partial charge in [-0.1, -0.05) is 18.2 Å². The fourth-order valence-corrected chi connectivity index (χ4v) is 1.87. The quantitative estimate of drug-likeness (QED) is 0.937. The molecule has 4 nitrogen and oxygen atoms in total. The molecule has 0 amide bonds. The lowest BCUT2D eigenvalue weighted by Crippen LogP contribution is -2.23. The van der Waals surface area contributed by atoms with Gasteiger partial charge in [-0.2, -0.15) is 0 Å². The Balaban J connectivity index is 2.40. The molecule has 2 rings (SSSR count). The summed E-state index contributed by atoms with van der Waals surface area (Å²) in [4.78, 5) is 7.84. The third-order valence-electron chi connectivity index (χ3n) is 2.64. The van der Waals surface area contributed by atoms with E-state index in [1.165, 1.54) is 24.7 Å². The number of hydrogen-bond acceptors (Lipinski definition) is 4. The lowest BCUT2D eigenvalue weighted by molar-refractivity contribution is -0.275. The van der Waals surface area contributed by atoms with Crippen molar-refractivity contribution in [2.45, 2.75) is 12.4 Å². The van der Waals surface area contributed by atoms with E-state index in [1.807, 2.05) is 0 Å². The molecule has 7 heteroatoms. The molecule has 0 saturated carbocycles. The Morgan fingerprint density at radius 3 is 2.55 bits per heavy atom. The summed E-state index contributed by atoms with van der Waals surface area (Å²) >= 11 is 0. The van der Waals surface area contributed by atoms with E-state index in [-0.39, 0.29) is 5.75 Å². The van der Waals surface area contributed by atoms with Crippen LogP contribution in [0.25, 0.3) is 0 Å². The number of hydrogen-bond donors (Lipinski definition) is 1. The predicted molar refractivity (Wildman–Crippen MR) is 66.1 cm³/mol. The summed E-state index contributed by atoms with van der Waals surface area (Å²) in [6.45, 7) is 0. The minimum atomic E-state index is -4.74. The zero-order chi connectivity index (χ0) is 14.6. The lowest BCUT2D eigenvalue weighted by atomic mass is 10.0. The number of alkyl halides is 3. The topological polar surface area (TPSA) is 47.0 Å². The minimum Gasteiger partial charge on any atom is -0.405 e. The monoisotopic (exact) mass is 283 g/mol. The Morgan fingerprint density at radius 1 is 1.20 bits per heavy atom. The van der Waals surface area contributed by atoms with Crippen molar-refractivity contribution in [1.29, 1.82) is 0 Å². The summed E-state index contributed by atoms with van der Waals surface area (Å²) in [5, 5.41) is 2.92. The maximum atomic E-state index is 12.4. The first-order valence-corrected chi connectivity index (χ1v) is 5.79. The first-order chi connectivity index (χ1) is 9.51. The van der Waals surface area contributed by atoms with Gasteiger partial charge in [-0.05, 0) is 19.2 Å². The normalized spacial score (nSPS) is 13.0. The lowest BCUT2D eigenvalue weighted by Gasteiger charge is -2.20. The van der Waals surface area contributed by atoms with Crippen LogP contribution in [-0.2, 0) is 0 Å². The molecule has 0 bridgehead atoms. The van der Waals surface area contributed by atoms with Gasteiger partial charge in [0.1, 0.15) is 12.1 Å². The second-order valence-corrected chi connectivity index (χ2v) is 3.94. The van der Waals surface area contributed by atoms with E-state index in [0.29, 0.717) is 11.3 Å². The molecule has 0 spiro atoms. The van der Waals surface area contributed by atoms with Crippen molar-refractivity contribution in [3.8, 4) is 5.75 Å². The van der Waals surface area contributed by atoms with Crippen molar-refractivity contribution in [2.75, 3.05) is 7.05 Å². The van der Waals surface area contributed by atoms with E-state index in [9.17, 15) is 13.2 Å². The van der Waals surface area contributed by atoms with E-state index >= 15 is 0 Å². The number of aromatic nitrogens is 2. The zero-order valence-electron chi connectivity index (χ0n) is 10.6. The predicted octanol–water partition coefficient (Wildman–Crippen LogP) is 2.68. The molecule has 106 valence electrons. The van der Waals surface area contributed by atoms with Gasteiger partial charge in [0.15, 0.2) is 0 Å². The molecular weight excluding hydrogens is 271 g/mol. The van der Waals surface area contributed by atoms with Crippen molar-refractivity contribution >= 4 is 0 Å². The van der Waals surface area contributed by atoms with Crippen LogP contribution >= 0.6 is 0 Å². The number of nitrogens with one attached hydrogen (secondary N) is 1.